The molecule has 0 aliphatic heterocycles. The lowest BCUT2D eigenvalue weighted by molar-refractivity contribution is 0.408. The lowest BCUT2D eigenvalue weighted by atomic mass is 10.1. The van der Waals surface area contributed by atoms with Crippen LogP contribution in [0.2, 0.25) is 0 Å². The van der Waals surface area contributed by atoms with Gasteiger partial charge in [-0.3, -0.25) is 0 Å². The van der Waals surface area contributed by atoms with Gasteiger partial charge in [-0.05, 0) is 74.2 Å². The predicted octanol–water partition coefficient (Wildman–Crippen LogP) is 3.28. The van der Waals surface area contributed by atoms with Gasteiger partial charge in [-0.25, -0.2) is 0 Å². The number of ether oxygens (including phenoxy) is 2. The topological polar surface area (TPSA) is 38.7 Å². The summed E-state index contributed by atoms with van der Waals surface area (Å²) in [6, 6.07) is 8.03. The van der Waals surface area contributed by atoms with Crippen molar-refractivity contribution in [2.45, 2.75) is 27.7 Å². The molecule has 4 heteroatoms. The van der Waals surface area contributed by atoms with E-state index in [1.807, 2.05) is 52.0 Å². The molecule has 0 heterocycles. The van der Waals surface area contributed by atoms with Gasteiger partial charge in [0.2, 0.25) is 0 Å². The molecule has 0 saturated heterocycles. The average molecular weight is 318 g/mol. The van der Waals surface area contributed by atoms with Crippen molar-refractivity contribution in [2.75, 3.05) is 14.2 Å². The molecule has 22 heavy (non-hydrogen) atoms. The van der Waals surface area contributed by atoms with Crippen LogP contribution in [0.25, 0.3) is 0 Å². The fourth-order valence-corrected chi connectivity index (χ4v) is 4.45. The second-order valence-corrected chi connectivity index (χ2v) is 7.19. The molecule has 0 saturated carbocycles. The summed E-state index contributed by atoms with van der Waals surface area (Å²) in [5, 5.41) is 1.88. The fraction of sp³-hybridized carbons (Fsp3) is 0.333. The molecule has 0 radical (unpaired) electrons. The van der Waals surface area contributed by atoms with Crippen LogP contribution < -0.4 is 20.1 Å². The van der Waals surface area contributed by atoms with Crippen molar-refractivity contribution in [3.05, 3.63) is 46.5 Å². The molecule has 0 aliphatic rings. The van der Waals surface area contributed by atoms with Crippen molar-refractivity contribution in [3.8, 4) is 11.5 Å². The van der Waals surface area contributed by atoms with E-state index in [0.29, 0.717) is 0 Å². The average Bonchev–Trinajstić information content (AvgIpc) is 2.45. The lowest BCUT2D eigenvalue weighted by Crippen LogP contribution is -2.14. The zero-order valence-electron chi connectivity index (χ0n) is 14.0. The first-order valence-electron chi connectivity index (χ1n) is 7.18. The van der Waals surface area contributed by atoms with Gasteiger partial charge in [-0.2, -0.15) is 0 Å². The molecule has 0 aromatic heterocycles. The first-order chi connectivity index (χ1) is 10.4. The lowest BCUT2D eigenvalue weighted by Gasteiger charge is -2.18. The number of hydrogen-bond donors (Lipinski definition) is 1. The van der Waals surface area contributed by atoms with Crippen LogP contribution >= 0.6 is 8.15 Å². The molecule has 118 valence electrons. The van der Waals surface area contributed by atoms with Crippen LogP contribution in [0.15, 0.2) is 24.3 Å². The Hall–Kier alpha value is -1.57. The van der Waals surface area contributed by atoms with Crippen molar-refractivity contribution in [1.29, 1.82) is 0 Å². The van der Waals surface area contributed by atoms with E-state index in [0.717, 1.165) is 44.4 Å². The Labute approximate surface area is 133 Å². The monoisotopic (exact) mass is 318 g/mol. The van der Waals surface area contributed by atoms with Crippen LogP contribution in [0.4, 0.5) is 0 Å². The summed E-state index contributed by atoms with van der Waals surface area (Å²) in [4.78, 5) is 10.8. The van der Waals surface area contributed by atoms with Gasteiger partial charge in [-0.15, -0.1) is 0 Å². The summed E-state index contributed by atoms with van der Waals surface area (Å²) in [5.41, 5.74) is 4.17. The van der Waals surface area contributed by atoms with E-state index in [9.17, 15) is 4.89 Å². The molecule has 0 amide bonds. The molecule has 0 fully saturated rings. The second kappa shape index (κ2) is 6.68. The Morgan fingerprint density at radius 2 is 0.955 bits per heavy atom. The van der Waals surface area contributed by atoms with E-state index in [1.54, 1.807) is 14.2 Å². The Morgan fingerprint density at radius 3 is 1.18 bits per heavy atom. The van der Waals surface area contributed by atoms with E-state index in [4.69, 9.17) is 9.47 Å². The summed E-state index contributed by atoms with van der Waals surface area (Å²) in [6.45, 7) is 8.01. The molecule has 2 aromatic carbocycles. The number of hydrogen-bond acceptors (Lipinski definition) is 3. The zero-order chi connectivity index (χ0) is 16.4. The van der Waals surface area contributed by atoms with Gasteiger partial charge in [0.1, 0.15) is 11.5 Å². The minimum atomic E-state index is -1.38. The summed E-state index contributed by atoms with van der Waals surface area (Å²) >= 11 is 0. The predicted molar refractivity (Wildman–Crippen MR) is 93.3 cm³/mol. The third kappa shape index (κ3) is 3.11. The summed E-state index contributed by atoms with van der Waals surface area (Å²) in [7, 11) is 1.97. The number of benzene rings is 2. The molecule has 0 aliphatic carbocycles. The largest absolute Gasteiger partial charge is 0.496 e. The van der Waals surface area contributed by atoms with Crippen molar-refractivity contribution >= 4 is 18.8 Å². The van der Waals surface area contributed by atoms with Gasteiger partial charge in [0.25, 0.3) is 0 Å². The van der Waals surface area contributed by atoms with E-state index in [1.165, 1.54) is 0 Å². The number of rotatable bonds is 4. The summed E-state index contributed by atoms with van der Waals surface area (Å²) < 4.78 is 10.8. The van der Waals surface area contributed by atoms with Crippen LogP contribution in [-0.2, 0) is 0 Å². The Morgan fingerprint density at radius 1 is 0.682 bits per heavy atom. The minimum Gasteiger partial charge on any atom is -0.496 e. The maximum atomic E-state index is 10.8. The van der Waals surface area contributed by atoms with Crippen LogP contribution in [-0.4, -0.2) is 19.1 Å². The van der Waals surface area contributed by atoms with Gasteiger partial charge in [0, 0.05) is 10.6 Å². The molecule has 0 unspecified atom stereocenters. The second-order valence-electron chi connectivity index (χ2n) is 5.54. The van der Waals surface area contributed by atoms with Crippen LogP contribution in [0, 0.1) is 27.7 Å². The molecule has 2 rings (SSSR count). The third-order valence-electron chi connectivity index (χ3n) is 3.79. The van der Waals surface area contributed by atoms with Crippen molar-refractivity contribution in [3.63, 3.8) is 0 Å². The summed E-state index contributed by atoms with van der Waals surface area (Å²) in [5.74, 6) is 1.77. The molecule has 3 nitrogen and oxygen atoms in total. The SMILES string of the molecule is COc1c(C)cc(P(O)c2cc(C)c(OC)c(C)c2)cc1C. The normalized spacial score (nSPS) is 10.9. The molecular formula is C18H23O3P. The highest BCUT2D eigenvalue weighted by atomic mass is 31.1. The first kappa shape index (κ1) is 16.8. The molecule has 1 N–H and O–H groups in total. The van der Waals surface area contributed by atoms with E-state index < -0.39 is 8.15 Å². The molecule has 2 aromatic rings. The minimum absolute atomic E-state index is 0.884. The van der Waals surface area contributed by atoms with Gasteiger partial charge >= 0.3 is 0 Å². The van der Waals surface area contributed by atoms with E-state index in [2.05, 4.69) is 0 Å². The molecule has 0 bridgehead atoms. The number of aryl methyl sites for hydroxylation is 4. The standard InChI is InChI=1S/C18H23O3P/c1-11-7-15(8-12(2)17(11)20-5)22(19)16-9-13(3)18(21-6)14(4)10-16/h7-10,19H,1-6H3. The third-order valence-corrected chi connectivity index (χ3v) is 5.28. The highest BCUT2D eigenvalue weighted by Gasteiger charge is 2.17. The fourth-order valence-electron chi connectivity index (χ4n) is 2.89. The van der Waals surface area contributed by atoms with Gasteiger partial charge in [0.05, 0.1) is 22.4 Å². The molecular weight excluding hydrogens is 295 g/mol. The Balaban J connectivity index is 2.46. The Bertz CT molecular complexity index is 589. The molecule has 0 spiro atoms. The van der Waals surface area contributed by atoms with Crippen LogP contribution in [0.3, 0.4) is 0 Å². The van der Waals surface area contributed by atoms with Crippen LogP contribution in [0.1, 0.15) is 22.3 Å². The summed E-state index contributed by atoms with van der Waals surface area (Å²) in [6.07, 6.45) is 0. The van der Waals surface area contributed by atoms with Crippen molar-refractivity contribution in [1.82, 2.24) is 0 Å². The van der Waals surface area contributed by atoms with E-state index >= 15 is 0 Å². The van der Waals surface area contributed by atoms with Crippen LogP contribution in [0.5, 0.6) is 11.5 Å². The zero-order valence-corrected chi connectivity index (χ0v) is 14.9. The maximum Gasteiger partial charge on any atom is 0.124 e. The van der Waals surface area contributed by atoms with Crippen molar-refractivity contribution < 1.29 is 14.4 Å². The quantitative estimate of drug-likeness (QED) is 0.879. The van der Waals surface area contributed by atoms with Gasteiger partial charge in [-0.1, -0.05) is 0 Å². The van der Waals surface area contributed by atoms with Crippen molar-refractivity contribution in [2.24, 2.45) is 0 Å². The smallest absolute Gasteiger partial charge is 0.124 e. The van der Waals surface area contributed by atoms with Gasteiger partial charge in [0.15, 0.2) is 0 Å². The van der Waals surface area contributed by atoms with Gasteiger partial charge < -0.3 is 14.4 Å². The first-order valence-corrected chi connectivity index (χ1v) is 8.48. The number of methoxy groups -OCH3 is 2. The highest BCUT2D eigenvalue weighted by Crippen LogP contribution is 2.34. The highest BCUT2D eigenvalue weighted by molar-refractivity contribution is 7.67. The molecule has 0 atom stereocenters. The maximum absolute atomic E-state index is 10.8. The Kier molecular flexibility index (Phi) is 5.10. The van der Waals surface area contributed by atoms with E-state index in [-0.39, 0.29) is 0 Å².